The molecule has 24 heavy (non-hydrogen) atoms. The largest absolute Gasteiger partial charge is 0.483 e. The van der Waals surface area contributed by atoms with Crippen molar-refractivity contribution in [2.45, 2.75) is 6.54 Å². The fourth-order valence-corrected chi connectivity index (χ4v) is 2.58. The summed E-state index contributed by atoms with van der Waals surface area (Å²) in [5, 5.41) is 12.4. The van der Waals surface area contributed by atoms with Gasteiger partial charge in [0.25, 0.3) is 5.91 Å². The van der Waals surface area contributed by atoms with E-state index >= 15 is 0 Å². The molecule has 0 aliphatic rings. The van der Waals surface area contributed by atoms with E-state index in [1.807, 2.05) is 6.07 Å². The number of hydrogen-bond acceptors (Lipinski definition) is 4. The first-order chi connectivity index (χ1) is 11.4. The number of nitrogens with one attached hydrogen (secondary N) is 1. The minimum absolute atomic E-state index is 0.0149. The number of nitrogens with two attached hydrogens (primary N) is 1. The summed E-state index contributed by atoms with van der Waals surface area (Å²) < 4.78 is 6.21. The van der Waals surface area contributed by atoms with Crippen LogP contribution in [0.5, 0.6) is 5.75 Å². The van der Waals surface area contributed by atoms with Crippen molar-refractivity contribution in [1.29, 1.82) is 0 Å². The highest BCUT2D eigenvalue weighted by molar-refractivity contribution is 9.10. The number of halogens is 2. The Morgan fingerprint density at radius 2 is 2.00 bits per heavy atom. The highest BCUT2D eigenvalue weighted by Gasteiger charge is 2.10. The van der Waals surface area contributed by atoms with E-state index in [2.05, 4.69) is 21.2 Å². The first-order valence-corrected chi connectivity index (χ1v) is 8.00. The van der Waals surface area contributed by atoms with E-state index in [0.29, 0.717) is 18.0 Å². The number of aromatic carboxylic acids is 1. The maximum absolute atomic E-state index is 11.1. The topological polar surface area (TPSA) is 102 Å². The molecule has 1 amide bonds. The molecule has 2 aromatic carbocycles. The second-order valence-electron chi connectivity index (χ2n) is 4.86. The van der Waals surface area contributed by atoms with Crippen LogP contribution in [0.4, 0.5) is 5.69 Å². The van der Waals surface area contributed by atoms with Crippen LogP contribution in [0.15, 0.2) is 40.9 Å². The number of primary amides is 1. The summed E-state index contributed by atoms with van der Waals surface area (Å²) in [5.41, 5.74) is 6.47. The van der Waals surface area contributed by atoms with Crippen molar-refractivity contribution in [3.8, 4) is 5.75 Å². The quantitative estimate of drug-likeness (QED) is 0.646. The van der Waals surface area contributed by atoms with E-state index in [4.69, 9.17) is 27.2 Å². The number of anilines is 1. The van der Waals surface area contributed by atoms with Crippen molar-refractivity contribution >= 4 is 45.1 Å². The van der Waals surface area contributed by atoms with Crippen molar-refractivity contribution in [2.24, 2.45) is 5.73 Å². The lowest BCUT2D eigenvalue weighted by molar-refractivity contribution is -0.119. The molecular formula is C16H14BrClN2O4. The summed E-state index contributed by atoms with van der Waals surface area (Å²) in [6.45, 7) is 0.132. The van der Waals surface area contributed by atoms with Gasteiger partial charge in [-0.2, -0.15) is 0 Å². The van der Waals surface area contributed by atoms with Crippen molar-refractivity contribution in [3.63, 3.8) is 0 Å². The van der Waals surface area contributed by atoms with Crippen LogP contribution in [-0.4, -0.2) is 23.6 Å². The van der Waals surface area contributed by atoms with Gasteiger partial charge >= 0.3 is 5.97 Å². The van der Waals surface area contributed by atoms with Crippen LogP contribution in [0.25, 0.3) is 0 Å². The van der Waals surface area contributed by atoms with Crippen molar-refractivity contribution in [3.05, 3.63) is 57.0 Å². The second kappa shape index (κ2) is 8.03. The summed E-state index contributed by atoms with van der Waals surface area (Å²) in [6.07, 6.45) is 0. The molecule has 0 heterocycles. The lowest BCUT2D eigenvalue weighted by Gasteiger charge is -2.13. The van der Waals surface area contributed by atoms with E-state index in [1.165, 1.54) is 12.1 Å². The fraction of sp³-hybridized carbons (Fsp3) is 0.125. The lowest BCUT2D eigenvalue weighted by Crippen LogP contribution is -2.20. The minimum atomic E-state index is -1.10. The number of amides is 1. The molecule has 8 heteroatoms. The molecule has 0 aliphatic carbocycles. The molecular weight excluding hydrogens is 400 g/mol. The minimum Gasteiger partial charge on any atom is -0.483 e. The third kappa shape index (κ3) is 4.87. The predicted molar refractivity (Wildman–Crippen MR) is 94.6 cm³/mol. The first-order valence-electron chi connectivity index (χ1n) is 6.83. The molecule has 4 N–H and O–H groups in total. The number of ether oxygens (including phenoxy) is 1. The van der Waals surface area contributed by atoms with Crippen LogP contribution < -0.4 is 15.8 Å². The number of carboxylic acid groups (broad SMARTS) is 1. The Morgan fingerprint density at radius 1 is 1.25 bits per heavy atom. The summed E-state index contributed by atoms with van der Waals surface area (Å²) >= 11 is 9.22. The van der Waals surface area contributed by atoms with Gasteiger partial charge < -0.3 is 20.9 Å². The standard InChI is InChI=1S/C16H14BrClN2O4/c17-10-1-4-14(24-8-15(19)21)9(5-10)7-20-11-2-3-13(18)12(6-11)16(22)23/h1-6,20H,7-8H2,(H2,19,21)(H,22,23). The number of benzene rings is 2. The number of rotatable bonds is 7. The van der Waals surface area contributed by atoms with Gasteiger partial charge in [0.05, 0.1) is 10.6 Å². The molecule has 126 valence electrons. The van der Waals surface area contributed by atoms with E-state index in [1.54, 1.807) is 18.2 Å². The monoisotopic (exact) mass is 412 g/mol. The Labute approximate surface area is 151 Å². The molecule has 0 radical (unpaired) electrons. The average molecular weight is 414 g/mol. The average Bonchev–Trinajstić information content (AvgIpc) is 2.52. The molecule has 0 aliphatic heterocycles. The van der Waals surface area contributed by atoms with Crippen LogP contribution in [0, 0.1) is 0 Å². The Bertz CT molecular complexity index is 783. The van der Waals surface area contributed by atoms with E-state index in [0.717, 1.165) is 10.0 Å². The van der Waals surface area contributed by atoms with Gasteiger partial charge in [0.15, 0.2) is 6.61 Å². The van der Waals surface area contributed by atoms with Gasteiger partial charge in [-0.1, -0.05) is 27.5 Å². The maximum atomic E-state index is 11.1. The molecule has 0 unspecified atom stereocenters. The van der Waals surface area contributed by atoms with E-state index in [-0.39, 0.29) is 17.2 Å². The molecule has 0 bridgehead atoms. The van der Waals surface area contributed by atoms with E-state index < -0.39 is 11.9 Å². The molecule has 0 aromatic heterocycles. The molecule has 0 spiro atoms. The van der Waals surface area contributed by atoms with Gasteiger partial charge in [-0.25, -0.2) is 4.79 Å². The van der Waals surface area contributed by atoms with Crippen LogP contribution in [0.2, 0.25) is 5.02 Å². The van der Waals surface area contributed by atoms with Gasteiger partial charge in [0.1, 0.15) is 5.75 Å². The molecule has 0 saturated heterocycles. The number of carbonyl (C=O) groups excluding carboxylic acids is 1. The van der Waals surface area contributed by atoms with Gasteiger partial charge in [0.2, 0.25) is 0 Å². The zero-order valence-corrected chi connectivity index (χ0v) is 14.7. The summed E-state index contributed by atoms with van der Waals surface area (Å²) in [4.78, 5) is 22.0. The molecule has 6 nitrogen and oxygen atoms in total. The Morgan fingerprint density at radius 3 is 2.67 bits per heavy atom. The van der Waals surface area contributed by atoms with Gasteiger partial charge in [-0.15, -0.1) is 0 Å². The molecule has 0 fully saturated rings. The molecule has 2 rings (SSSR count). The zero-order valence-electron chi connectivity index (χ0n) is 12.4. The maximum Gasteiger partial charge on any atom is 0.337 e. The Balaban J connectivity index is 2.16. The fourth-order valence-electron chi connectivity index (χ4n) is 1.97. The Hall–Kier alpha value is -2.25. The highest BCUT2D eigenvalue weighted by Crippen LogP contribution is 2.25. The van der Waals surface area contributed by atoms with Gasteiger partial charge in [0, 0.05) is 22.3 Å². The zero-order chi connectivity index (χ0) is 17.7. The third-order valence-corrected chi connectivity index (χ3v) is 3.90. The smallest absolute Gasteiger partial charge is 0.337 e. The van der Waals surface area contributed by atoms with Gasteiger partial charge in [-0.05, 0) is 36.4 Å². The summed E-state index contributed by atoms with van der Waals surface area (Å²) in [7, 11) is 0. The normalized spacial score (nSPS) is 10.2. The highest BCUT2D eigenvalue weighted by atomic mass is 79.9. The van der Waals surface area contributed by atoms with Crippen molar-refractivity contribution < 1.29 is 19.4 Å². The predicted octanol–water partition coefficient (Wildman–Crippen LogP) is 3.28. The van der Waals surface area contributed by atoms with Crippen molar-refractivity contribution in [2.75, 3.05) is 11.9 Å². The molecule has 0 atom stereocenters. The van der Waals surface area contributed by atoms with E-state index in [9.17, 15) is 9.59 Å². The lowest BCUT2D eigenvalue weighted by atomic mass is 10.1. The number of hydrogen-bond donors (Lipinski definition) is 3. The van der Waals surface area contributed by atoms with Crippen LogP contribution in [0.3, 0.4) is 0 Å². The van der Waals surface area contributed by atoms with Crippen LogP contribution >= 0.6 is 27.5 Å². The SMILES string of the molecule is NC(=O)COc1ccc(Br)cc1CNc1ccc(Cl)c(C(=O)O)c1. The molecule has 0 saturated carbocycles. The van der Waals surface area contributed by atoms with Gasteiger partial charge in [-0.3, -0.25) is 4.79 Å². The molecule has 2 aromatic rings. The third-order valence-electron chi connectivity index (χ3n) is 3.07. The van der Waals surface area contributed by atoms with Crippen LogP contribution in [-0.2, 0) is 11.3 Å². The number of carboxylic acids is 1. The number of carbonyl (C=O) groups is 2. The second-order valence-corrected chi connectivity index (χ2v) is 6.18. The Kier molecular flexibility index (Phi) is 6.05. The van der Waals surface area contributed by atoms with Crippen LogP contribution in [0.1, 0.15) is 15.9 Å². The summed E-state index contributed by atoms with van der Waals surface area (Å²) in [5.74, 6) is -1.16. The first kappa shape index (κ1) is 18.1. The van der Waals surface area contributed by atoms with Crippen molar-refractivity contribution in [1.82, 2.24) is 0 Å². The summed E-state index contributed by atoms with van der Waals surface area (Å²) in [6, 6.07) is 9.97.